The van der Waals surface area contributed by atoms with Gasteiger partial charge in [0, 0.05) is 41.3 Å². The van der Waals surface area contributed by atoms with Crippen molar-refractivity contribution in [3.8, 4) is 0 Å². The molecule has 14 nitrogen and oxygen atoms in total. The molecule has 2 aliphatic rings. The summed E-state index contributed by atoms with van der Waals surface area (Å²) in [5, 5.41) is 17.9. The van der Waals surface area contributed by atoms with Crippen molar-refractivity contribution < 1.29 is 19.5 Å². The number of anilines is 2. The molecule has 4 atom stereocenters. The molecule has 4 heterocycles. The maximum Gasteiger partial charge on any atom is 0.353 e. The topological polar surface area (TPSA) is 232 Å². The summed E-state index contributed by atoms with van der Waals surface area (Å²) < 4.78 is 0.764. The molecule has 4 rings (SSSR count). The SMILES string of the molecule is NCCSCC(N)CNc1ncsc1SC1=C(C(=O)O)N2C(=O)[C@@H](NC(=O)C(N=O)c3nc(N)sc3Cl)[C@@H]2SC1. The highest BCUT2D eigenvalue weighted by atomic mass is 35.5. The minimum Gasteiger partial charge on any atom is -0.477 e. The van der Waals surface area contributed by atoms with Crippen LogP contribution in [-0.2, 0) is 14.4 Å². The molecule has 9 N–H and O–H groups in total. The van der Waals surface area contributed by atoms with E-state index in [2.05, 4.69) is 25.8 Å². The molecule has 0 radical (unpaired) electrons. The number of hydrogen-bond acceptors (Lipinski definition) is 16. The third-order valence-electron chi connectivity index (χ3n) is 5.55. The van der Waals surface area contributed by atoms with Crippen LogP contribution in [0.1, 0.15) is 11.7 Å². The summed E-state index contributed by atoms with van der Waals surface area (Å²) in [6.07, 6.45) is 0. The standard InChI is InChI=1S/C20H24ClN9O5S5/c21-13-9(28-20(24)40-13)10(29-35)15(31)27-11-16(32)30-12(18(33)34)8(5-37-17(11)30)39-19-14(26-6-38-19)25-3-7(23)4-36-2-1-22/h6-7,10-11,17,25H,1-5,22-23H2,(H2,24,28)(H,27,31)(H,33,34)/t7?,10?,11-,17+/m1/s1. The van der Waals surface area contributed by atoms with E-state index in [1.54, 1.807) is 17.3 Å². The highest BCUT2D eigenvalue weighted by Gasteiger charge is 2.55. The Morgan fingerprint density at radius 2 is 2.17 bits per heavy atom. The first-order valence-electron chi connectivity index (χ1n) is 11.5. The van der Waals surface area contributed by atoms with Gasteiger partial charge in [0.2, 0.25) is 6.04 Å². The van der Waals surface area contributed by atoms with Crippen LogP contribution in [0.15, 0.2) is 25.5 Å². The number of nitrogens with zero attached hydrogens (tertiary/aromatic N) is 4. The Morgan fingerprint density at radius 1 is 1.40 bits per heavy atom. The molecule has 1 saturated heterocycles. The highest BCUT2D eigenvalue weighted by molar-refractivity contribution is 8.07. The van der Waals surface area contributed by atoms with E-state index >= 15 is 0 Å². The van der Waals surface area contributed by atoms with Gasteiger partial charge in [-0.15, -0.1) is 28.0 Å². The number of aliphatic carboxylic acids is 1. The lowest BCUT2D eigenvalue weighted by molar-refractivity contribution is -0.150. The smallest absolute Gasteiger partial charge is 0.353 e. The lowest BCUT2D eigenvalue weighted by Gasteiger charge is -2.49. The number of carbonyl (C=O) groups excluding carboxylic acids is 2. The summed E-state index contributed by atoms with van der Waals surface area (Å²) in [5.74, 6) is -0.399. The zero-order valence-electron chi connectivity index (χ0n) is 20.4. The van der Waals surface area contributed by atoms with Gasteiger partial charge in [-0.3, -0.25) is 14.5 Å². The van der Waals surface area contributed by atoms with E-state index in [4.69, 9.17) is 28.8 Å². The van der Waals surface area contributed by atoms with Crippen LogP contribution in [0.25, 0.3) is 0 Å². The van der Waals surface area contributed by atoms with Crippen molar-refractivity contribution in [1.29, 1.82) is 0 Å². The Hall–Kier alpha value is -2.13. The van der Waals surface area contributed by atoms with Crippen molar-refractivity contribution in [3.63, 3.8) is 0 Å². The molecule has 40 heavy (non-hydrogen) atoms. The second-order valence-corrected chi connectivity index (χ2v) is 14.4. The van der Waals surface area contributed by atoms with E-state index in [1.807, 2.05) is 0 Å². The Morgan fingerprint density at radius 3 is 2.83 bits per heavy atom. The molecular formula is C20H24ClN9O5S5. The third-order valence-corrected chi connectivity index (χ3v) is 11.4. The first kappa shape index (κ1) is 30.8. The van der Waals surface area contributed by atoms with Gasteiger partial charge in [-0.25, -0.2) is 14.8 Å². The normalized spacial score (nSPS) is 20.0. The molecule has 2 unspecified atom stereocenters. The van der Waals surface area contributed by atoms with Gasteiger partial charge in [0.1, 0.15) is 31.4 Å². The lowest BCUT2D eigenvalue weighted by atomic mass is 10.0. The number of rotatable bonds is 14. The number of fused-ring (bicyclic) bond motifs is 1. The van der Waals surface area contributed by atoms with Gasteiger partial charge in [0.05, 0.1) is 5.51 Å². The van der Waals surface area contributed by atoms with Gasteiger partial charge >= 0.3 is 5.97 Å². The van der Waals surface area contributed by atoms with Crippen LogP contribution in [0.4, 0.5) is 10.9 Å². The third kappa shape index (κ3) is 6.67. The van der Waals surface area contributed by atoms with Crippen molar-refractivity contribution in [3.05, 3.63) is 31.1 Å². The monoisotopic (exact) mass is 665 g/mol. The quantitative estimate of drug-likeness (QED) is 0.0955. The van der Waals surface area contributed by atoms with Crippen LogP contribution in [0.2, 0.25) is 4.34 Å². The fraction of sp³-hybridized carbons (Fsp3) is 0.450. The number of aromatic nitrogens is 2. The first-order valence-corrected chi connectivity index (χ1v) is 16.6. The van der Waals surface area contributed by atoms with Gasteiger partial charge in [-0.1, -0.05) is 34.7 Å². The number of thioether (sulfide) groups is 3. The maximum absolute atomic E-state index is 13.0. The number of carboxylic acids is 1. The van der Waals surface area contributed by atoms with Gasteiger partial charge < -0.3 is 32.9 Å². The van der Waals surface area contributed by atoms with E-state index in [0.29, 0.717) is 23.8 Å². The molecule has 216 valence electrons. The van der Waals surface area contributed by atoms with E-state index in [1.165, 1.54) is 34.9 Å². The number of nitrogens with two attached hydrogens (primary N) is 3. The average Bonchev–Trinajstić information content (AvgIpc) is 3.50. The van der Waals surface area contributed by atoms with Crippen LogP contribution in [0, 0.1) is 4.91 Å². The molecular weight excluding hydrogens is 642 g/mol. The lowest BCUT2D eigenvalue weighted by Crippen LogP contribution is -2.70. The number of nitroso groups, excluding NO2 is 1. The Balaban J connectivity index is 1.44. The number of hydrogen-bond donors (Lipinski definition) is 6. The molecule has 2 amide bonds. The fourth-order valence-electron chi connectivity index (χ4n) is 3.76. The van der Waals surface area contributed by atoms with Crippen LogP contribution in [-0.4, -0.2) is 85.6 Å². The number of thiazole rings is 2. The van der Waals surface area contributed by atoms with Crippen molar-refractivity contribution in [2.24, 2.45) is 16.6 Å². The van der Waals surface area contributed by atoms with E-state index in [9.17, 15) is 24.4 Å². The van der Waals surface area contributed by atoms with Crippen LogP contribution >= 0.6 is 69.6 Å². The molecule has 0 bridgehead atoms. The number of nitrogens with one attached hydrogen (secondary N) is 2. The number of carbonyl (C=O) groups is 3. The summed E-state index contributed by atoms with van der Waals surface area (Å²) in [6.45, 7) is 1.05. The molecule has 0 aliphatic carbocycles. The van der Waals surface area contributed by atoms with Gasteiger partial charge in [-0.2, -0.15) is 11.8 Å². The predicted octanol–water partition coefficient (Wildman–Crippen LogP) is 1.56. The number of nitrogen functional groups attached to an aromatic ring is 1. The van der Waals surface area contributed by atoms with Crippen molar-refractivity contribution in [2.75, 3.05) is 41.4 Å². The van der Waals surface area contributed by atoms with E-state index in [0.717, 1.165) is 32.0 Å². The molecule has 1 fully saturated rings. The molecule has 0 aromatic carbocycles. The summed E-state index contributed by atoms with van der Waals surface area (Å²) in [4.78, 5) is 59.3. The van der Waals surface area contributed by atoms with Crippen LogP contribution in [0.3, 0.4) is 0 Å². The van der Waals surface area contributed by atoms with E-state index in [-0.39, 0.29) is 32.7 Å². The van der Waals surface area contributed by atoms with Crippen molar-refractivity contribution >= 4 is 98.3 Å². The zero-order chi connectivity index (χ0) is 29.0. The van der Waals surface area contributed by atoms with Crippen LogP contribution in [0.5, 0.6) is 0 Å². The molecule has 20 heteroatoms. The molecule has 2 aliphatic heterocycles. The number of carboxylic acid groups (broad SMARTS) is 1. The number of amides is 2. The van der Waals surface area contributed by atoms with E-state index < -0.39 is 35.2 Å². The van der Waals surface area contributed by atoms with Gasteiger partial charge in [0.25, 0.3) is 11.8 Å². The number of halogens is 1. The molecule has 2 aromatic rings. The second kappa shape index (κ2) is 13.7. The summed E-state index contributed by atoms with van der Waals surface area (Å²) in [6, 6.07) is -2.79. The zero-order valence-corrected chi connectivity index (χ0v) is 25.3. The second-order valence-electron chi connectivity index (χ2n) is 8.29. The minimum atomic E-state index is -1.61. The Bertz CT molecular complexity index is 1320. The van der Waals surface area contributed by atoms with Crippen molar-refractivity contribution in [1.82, 2.24) is 20.2 Å². The van der Waals surface area contributed by atoms with Gasteiger partial charge in [0.15, 0.2) is 10.9 Å². The Kier molecular flexibility index (Phi) is 10.5. The minimum absolute atomic E-state index is 0.0352. The van der Waals surface area contributed by atoms with Crippen LogP contribution < -0.4 is 27.8 Å². The van der Waals surface area contributed by atoms with Crippen molar-refractivity contribution in [2.45, 2.75) is 27.7 Å². The first-order chi connectivity index (χ1) is 19.2. The summed E-state index contributed by atoms with van der Waals surface area (Å²) in [5.41, 5.74) is 18.6. The largest absolute Gasteiger partial charge is 0.477 e. The average molecular weight is 666 g/mol. The summed E-state index contributed by atoms with van der Waals surface area (Å²) in [7, 11) is 0. The fourth-order valence-corrected chi connectivity index (χ4v) is 8.97. The maximum atomic E-state index is 13.0. The molecule has 0 spiro atoms. The van der Waals surface area contributed by atoms with Gasteiger partial charge in [-0.05, 0) is 5.18 Å². The number of β-lactam (4-membered cyclic amide) rings is 1. The summed E-state index contributed by atoms with van der Waals surface area (Å²) >= 11 is 12.4. The predicted molar refractivity (Wildman–Crippen MR) is 161 cm³/mol. The highest BCUT2D eigenvalue weighted by Crippen LogP contribution is 2.47. The Labute approximate surface area is 253 Å². The molecule has 0 saturated carbocycles. The molecule has 2 aromatic heterocycles.